The minimum Gasteiger partial charge on any atom is -0.495 e. The summed E-state index contributed by atoms with van der Waals surface area (Å²) in [5.74, 6) is 0.806. The quantitative estimate of drug-likeness (QED) is 0.756. The van der Waals surface area contributed by atoms with Crippen LogP contribution in [0, 0.1) is 0 Å². The van der Waals surface area contributed by atoms with E-state index in [1.165, 1.54) is 0 Å². The molecule has 0 spiro atoms. The Balaban J connectivity index is 2.14. The summed E-state index contributed by atoms with van der Waals surface area (Å²) >= 11 is 11.8. The highest BCUT2D eigenvalue weighted by Gasteiger charge is 2.30. The topological polar surface area (TPSA) is 44.8 Å². The molecule has 7 heteroatoms. The number of carbonyl (C=O) groups is 1. The Kier molecular flexibility index (Phi) is 7.53. The van der Waals surface area contributed by atoms with Gasteiger partial charge in [0.05, 0.1) is 12.8 Å². The Morgan fingerprint density at radius 3 is 2.65 bits per heavy atom. The van der Waals surface area contributed by atoms with Gasteiger partial charge in [0, 0.05) is 43.2 Å². The number of benzene rings is 1. The highest BCUT2D eigenvalue weighted by atomic mass is 35.5. The molecule has 0 radical (unpaired) electrons. The summed E-state index contributed by atoms with van der Waals surface area (Å²) in [5.41, 5.74) is 0.802. The summed E-state index contributed by atoms with van der Waals surface area (Å²) < 4.78 is 5.41. The first-order chi connectivity index (χ1) is 12.4. The Bertz CT molecular complexity index is 648. The zero-order chi connectivity index (χ0) is 19.3. The van der Waals surface area contributed by atoms with E-state index in [1.54, 1.807) is 20.1 Å². The number of hydrogen-bond donors (Lipinski definition) is 1. The molecule has 144 valence electrons. The molecule has 1 unspecified atom stereocenters. The maximum atomic E-state index is 11.6. The number of amides is 1. The van der Waals surface area contributed by atoms with E-state index in [9.17, 15) is 4.79 Å². The molecule has 0 aromatic heterocycles. The summed E-state index contributed by atoms with van der Waals surface area (Å²) in [6.45, 7) is 7.53. The predicted octanol–water partition coefficient (Wildman–Crippen LogP) is 4.16. The van der Waals surface area contributed by atoms with Crippen LogP contribution in [0.2, 0.25) is 5.02 Å². The maximum absolute atomic E-state index is 11.6. The van der Waals surface area contributed by atoms with Crippen molar-refractivity contribution in [3.8, 4) is 5.75 Å². The van der Waals surface area contributed by atoms with Gasteiger partial charge in [-0.05, 0) is 50.5 Å². The van der Waals surface area contributed by atoms with Gasteiger partial charge in [-0.2, -0.15) is 0 Å². The van der Waals surface area contributed by atoms with Crippen molar-refractivity contribution in [1.82, 2.24) is 9.80 Å². The molecule has 1 fully saturated rings. The summed E-state index contributed by atoms with van der Waals surface area (Å²) in [5, 5.41) is 4.63. The van der Waals surface area contributed by atoms with Crippen LogP contribution in [-0.2, 0) is 4.79 Å². The van der Waals surface area contributed by atoms with Gasteiger partial charge in [-0.3, -0.25) is 4.79 Å². The monoisotopic (exact) mass is 397 g/mol. The third kappa shape index (κ3) is 5.01. The van der Waals surface area contributed by atoms with Gasteiger partial charge in [0.25, 0.3) is 0 Å². The van der Waals surface area contributed by atoms with E-state index in [4.69, 9.17) is 28.6 Å². The number of nitrogens with one attached hydrogen (secondary N) is 1. The fourth-order valence-corrected chi connectivity index (χ4v) is 3.93. The van der Waals surface area contributed by atoms with Crippen molar-refractivity contribution in [2.45, 2.75) is 52.1 Å². The number of thiocarbonyl (C=S) groups is 1. The highest BCUT2D eigenvalue weighted by Crippen LogP contribution is 2.29. The van der Waals surface area contributed by atoms with E-state index in [0.717, 1.165) is 38.0 Å². The highest BCUT2D eigenvalue weighted by molar-refractivity contribution is 7.80. The molecule has 2 rings (SSSR count). The number of rotatable bonds is 5. The molecule has 1 aromatic carbocycles. The van der Waals surface area contributed by atoms with Crippen molar-refractivity contribution in [2.24, 2.45) is 0 Å². The minimum absolute atomic E-state index is 0.144. The second-order valence-corrected chi connectivity index (χ2v) is 7.50. The number of hydrogen-bond acceptors (Lipinski definition) is 3. The van der Waals surface area contributed by atoms with Crippen molar-refractivity contribution in [3.63, 3.8) is 0 Å². The molecule has 0 saturated carbocycles. The standard InChI is InChI=1S/C19H28ClN3O2S/c1-5-13(2)23(16-8-10-22(11-9-16)14(3)24)19(26)21-17-7-6-15(20)12-18(17)25-4/h6-7,12-13,16H,5,8-11H2,1-4H3,(H,21,26). The molecular weight excluding hydrogens is 370 g/mol. The smallest absolute Gasteiger partial charge is 0.219 e. The number of nitrogens with zero attached hydrogens (tertiary/aromatic N) is 2. The van der Waals surface area contributed by atoms with Crippen molar-refractivity contribution in [3.05, 3.63) is 23.2 Å². The van der Waals surface area contributed by atoms with Crippen LogP contribution in [0.5, 0.6) is 5.75 Å². The number of halogens is 1. The van der Waals surface area contributed by atoms with Gasteiger partial charge in [0.2, 0.25) is 5.91 Å². The third-order valence-electron chi connectivity index (χ3n) is 5.01. The van der Waals surface area contributed by atoms with Crippen LogP contribution in [-0.4, -0.2) is 53.1 Å². The number of methoxy groups -OCH3 is 1. The van der Waals surface area contributed by atoms with Crippen LogP contribution in [0.4, 0.5) is 5.69 Å². The van der Waals surface area contributed by atoms with E-state index in [2.05, 4.69) is 24.1 Å². The lowest BCUT2D eigenvalue weighted by Crippen LogP contribution is -2.52. The normalized spacial score (nSPS) is 16.1. The first-order valence-corrected chi connectivity index (χ1v) is 9.84. The number of anilines is 1. The van der Waals surface area contributed by atoms with E-state index >= 15 is 0 Å². The Hall–Kier alpha value is -1.53. The van der Waals surface area contributed by atoms with Gasteiger partial charge in [0.15, 0.2) is 5.11 Å². The summed E-state index contributed by atoms with van der Waals surface area (Å²) in [6.07, 6.45) is 2.83. The molecule has 5 nitrogen and oxygen atoms in total. The van der Waals surface area contributed by atoms with Crippen molar-refractivity contribution in [2.75, 3.05) is 25.5 Å². The minimum atomic E-state index is 0.144. The van der Waals surface area contributed by atoms with E-state index in [-0.39, 0.29) is 5.91 Å². The average molecular weight is 398 g/mol. The maximum Gasteiger partial charge on any atom is 0.219 e. The summed E-state index contributed by atoms with van der Waals surface area (Å²) in [4.78, 5) is 15.8. The SMILES string of the molecule is CCC(C)N(C(=S)Nc1ccc(Cl)cc1OC)C1CCN(C(C)=O)CC1. The predicted molar refractivity (Wildman–Crippen MR) is 111 cm³/mol. The van der Waals surface area contributed by atoms with Crippen molar-refractivity contribution in [1.29, 1.82) is 0 Å². The molecule has 1 aliphatic heterocycles. The van der Waals surface area contributed by atoms with Gasteiger partial charge in [-0.25, -0.2) is 0 Å². The van der Waals surface area contributed by atoms with Crippen LogP contribution < -0.4 is 10.1 Å². The molecule has 1 heterocycles. The molecular formula is C19H28ClN3O2S. The molecule has 1 aliphatic rings. The van der Waals surface area contributed by atoms with Gasteiger partial charge in [-0.1, -0.05) is 18.5 Å². The fraction of sp³-hybridized carbons (Fsp3) is 0.579. The summed E-state index contributed by atoms with van der Waals surface area (Å²) in [7, 11) is 1.61. The number of carbonyl (C=O) groups excluding carboxylic acids is 1. The lowest BCUT2D eigenvalue weighted by molar-refractivity contribution is -0.130. The Morgan fingerprint density at radius 2 is 2.12 bits per heavy atom. The Morgan fingerprint density at radius 1 is 1.46 bits per heavy atom. The number of ether oxygens (including phenoxy) is 1. The molecule has 1 N–H and O–H groups in total. The molecule has 1 atom stereocenters. The first-order valence-electron chi connectivity index (χ1n) is 9.05. The van der Waals surface area contributed by atoms with Gasteiger partial charge in [0.1, 0.15) is 5.75 Å². The lowest BCUT2D eigenvalue weighted by Gasteiger charge is -2.42. The average Bonchev–Trinajstić information content (AvgIpc) is 2.63. The van der Waals surface area contributed by atoms with E-state index in [1.807, 2.05) is 17.0 Å². The molecule has 1 amide bonds. The van der Waals surface area contributed by atoms with Crippen LogP contribution in [0.3, 0.4) is 0 Å². The van der Waals surface area contributed by atoms with Crippen molar-refractivity contribution >= 4 is 40.5 Å². The molecule has 26 heavy (non-hydrogen) atoms. The largest absolute Gasteiger partial charge is 0.495 e. The zero-order valence-electron chi connectivity index (χ0n) is 15.9. The number of likely N-dealkylation sites (tertiary alicyclic amines) is 1. The van der Waals surface area contributed by atoms with Crippen LogP contribution >= 0.6 is 23.8 Å². The molecule has 1 aromatic rings. The lowest BCUT2D eigenvalue weighted by atomic mass is 10.0. The van der Waals surface area contributed by atoms with Gasteiger partial charge in [-0.15, -0.1) is 0 Å². The fourth-order valence-electron chi connectivity index (χ4n) is 3.33. The van der Waals surface area contributed by atoms with Gasteiger partial charge < -0.3 is 19.9 Å². The zero-order valence-corrected chi connectivity index (χ0v) is 17.5. The van der Waals surface area contributed by atoms with E-state index < -0.39 is 0 Å². The molecule has 1 saturated heterocycles. The molecule has 0 aliphatic carbocycles. The Labute approximate surface area is 166 Å². The third-order valence-corrected chi connectivity index (χ3v) is 5.56. The summed E-state index contributed by atoms with van der Waals surface area (Å²) in [6, 6.07) is 6.08. The van der Waals surface area contributed by atoms with E-state index in [0.29, 0.717) is 28.0 Å². The van der Waals surface area contributed by atoms with Crippen LogP contribution in [0.25, 0.3) is 0 Å². The van der Waals surface area contributed by atoms with Crippen LogP contribution in [0.15, 0.2) is 18.2 Å². The van der Waals surface area contributed by atoms with Crippen molar-refractivity contribution < 1.29 is 9.53 Å². The second kappa shape index (κ2) is 9.42. The number of piperidine rings is 1. The second-order valence-electron chi connectivity index (χ2n) is 6.68. The first kappa shape index (κ1) is 20.8. The van der Waals surface area contributed by atoms with Gasteiger partial charge >= 0.3 is 0 Å². The molecule has 0 bridgehead atoms. The van der Waals surface area contributed by atoms with Crippen LogP contribution in [0.1, 0.15) is 40.0 Å².